The molecule has 0 aliphatic rings. The highest BCUT2D eigenvalue weighted by Gasteiger charge is 2.20. The van der Waals surface area contributed by atoms with Gasteiger partial charge in [0.05, 0.1) is 17.8 Å². The number of nitrogens with one attached hydrogen (secondary N) is 1. The van der Waals surface area contributed by atoms with Crippen LogP contribution >= 0.6 is 11.6 Å². The molecule has 4 nitrogen and oxygen atoms in total. The number of aromatic nitrogens is 2. The number of hydrogen-bond acceptors (Lipinski definition) is 2. The Morgan fingerprint density at radius 2 is 1.93 bits per heavy atom. The molecule has 0 saturated carbocycles. The largest absolute Gasteiger partial charge is 0.352 e. The Balaban J connectivity index is 1.79. The Labute approximate surface area is 169 Å². The minimum atomic E-state index is -0.398. The molecule has 1 N–H and O–H groups in total. The molecule has 6 heteroatoms. The highest BCUT2D eigenvalue weighted by atomic mass is 35.5. The van der Waals surface area contributed by atoms with E-state index in [4.69, 9.17) is 16.7 Å². The fraction of sp³-hybridized carbons (Fsp3) is 0.273. The monoisotopic (exact) mass is 399 g/mol. The molecule has 2 aromatic carbocycles. The fourth-order valence-corrected chi connectivity index (χ4v) is 3.38. The Morgan fingerprint density at radius 1 is 1.21 bits per heavy atom. The molecular formula is C22H23ClFN3O. The van der Waals surface area contributed by atoms with Crippen molar-refractivity contribution < 1.29 is 9.18 Å². The lowest BCUT2D eigenvalue weighted by atomic mass is 10.0. The molecule has 3 aromatic rings. The second-order valence-electron chi connectivity index (χ2n) is 7.04. The Morgan fingerprint density at radius 3 is 2.57 bits per heavy atom. The van der Waals surface area contributed by atoms with Crippen molar-refractivity contribution in [1.82, 2.24) is 15.1 Å². The van der Waals surface area contributed by atoms with E-state index >= 15 is 0 Å². The first-order valence-corrected chi connectivity index (χ1v) is 9.59. The molecule has 1 amide bonds. The summed E-state index contributed by atoms with van der Waals surface area (Å²) in [6.07, 6.45) is 0.227. The standard InChI is InChI=1S/C22H23ClFN3O/c1-14(2)22-19(15(3)27(26-22)18-7-5-4-6-8-18)12-21(28)25-13-16-9-10-17(24)11-20(16)23/h4-11,14H,12-13H2,1-3H3,(H,25,28). The van der Waals surface area contributed by atoms with Crippen molar-refractivity contribution in [1.29, 1.82) is 0 Å². The van der Waals surface area contributed by atoms with E-state index in [-0.39, 0.29) is 24.8 Å². The third-order valence-corrected chi connectivity index (χ3v) is 5.00. The molecule has 0 spiro atoms. The van der Waals surface area contributed by atoms with E-state index in [0.717, 1.165) is 22.6 Å². The molecule has 1 aromatic heterocycles. The minimum absolute atomic E-state index is 0.127. The summed E-state index contributed by atoms with van der Waals surface area (Å²) >= 11 is 6.03. The van der Waals surface area contributed by atoms with Gasteiger partial charge in [-0.25, -0.2) is 9.07 Å². The van der Waals surface area contributed by atoms with E-state index in [1.165, 1.54) is 12.1 Å². The van der Waals surface area contributed by atoms with Gasteiger partial charge in [-0.2, -0.15) is 5.10 Å². The molecule has 0 bridgehead atoms. The second kappa shape index (κ2) is 8.57. The van der Waals surface area contributed by atoms with Crippen LogP contribution in [-0.2, 0) is 17.8 Å². The third-order valence-electron chi connectivity index (χ3n) is 4.65. The topological polar surface area (TPSA) is 46.9 Å². The van der Waals surface area contributed by atoms with Crippen molar-refractivity contribution in [2.45, 2.75) is 39.7 Å². The van der Waals surface area contributed by atoms with Gasteiger partial charge in [0.15, 0.2) is 0 Å². The first kappa shape index (κ1) is 20.1. The maximum Gasteiger partial charge on any atom is 0.224 e. The van der Waals surface area contributed by atoms with E-state index in [2.05, 4.69) is 19.2 Å². The van der Waals surface area contributed by atoms with Crippen LogP contribution in [0.1, 0.15) is 42.3 Å². The summed E-state index contributed by atoms with van der Waals surface area (Å²) in [5.74, 6) is -0.332. The molecule has 1 heterocycles. The van der Waals surface area contributed by atoms with Gasteiger partial charge >= 0.3 is 0 Å². The van der Waals surface area contributed by atoms with Crippen LogP contribution in [0.4, 0.5) is 4.39 Å². The quantitative estimate of drug-likeness (QED) is 0.637. The highest BCUT2D eigenvalue weighted by molar-refractivity contribution is 6.31. The minimum Gasteiger partial charge on any atom is -0.352 e. The van der Waals surface area contributed by atoms with E-state index in [9.17, 15) is 9.18 Å². The average Bonchev–Trinajstić information content (AvgIpc) is 2.98. The summed E-state index contributed by atoms with van der Waals surface area (Å²) in [5.41, 5.74) is 4.44. The smallest absolute Gasteiger partial charge is 0.224 e. The number of carbonyl (C=O) groups excluding carboxylic acids is 1. The van der Waals surface area contributed by atoms with Crippen molar-refractivity contribution in [3.63, 3.8) is 0 Å². The van der Waals surface area contributed by atoms with Crippen LogP contribution in [0.15, 0.2) is 48.5 Å². The van der Waals surface area contributed by atoms with Crippen LogP contribution in [0.5, 0.6) is 0 Å². The second-order valence-corrected chi connectivity index (χ2v) is 7.45. The van der Waals surface area contributed by atoms with Gasteiger partial charge in [-0.3, -0.25) is 4.79 Å². The molecule has 0 atom stereocenters. The van der Waals surface area contributed by atoms with Crippen LogP contribution in [0.3, 0.4) is 0 Å². The number of hydrogen-bond donors (Lipinski definition) is 1. The van der Waals surface area contributed by atoms with Crippen LogP contribution in [0, 0.1) is 12.7 Å². The summed E-state index contributed by atoms with van der Waals surface area (Å²) in [6, 6.07) is 14.0. The van der Waals surface area contributed by atoms with Gasteiger partial charge in [-0.15, -0.1) is 0 Å². The number of halogens is 2. The number of carbonyl (C=O) groups is 1. The van der Waals surface area contributed by atoms with Crippen molar-refractivity contribution in [2.75, 3.05) is 0 Å². The number of benzene rings is 2. The maximum absolute atomic E-state index is 13.2. The zero-order valence-corrected chi connectivity index (χ0v) is 16.9. The summed E-state index contributed by atoms with van der Waals surface area (Å²) in [4.78, 5) is 12.6. The van der Waals surface area contributed by atoms with E-state index in [1.807, 2.05) is 41.9 Å². The lowest BCUT2D eigenvalue weighted by Gasteiger charge is -2.09. The molecule has 0 fully saturated rings. The molecule has 0 aliphatic heterocycles. The Hall–Kier alpha value is -2.66. The number of nitrogens with zero attached hydrogens (tertiary/aromatic N) is 2. The van der Waals surface area contributed by atoms with Gasteiger partial charge in [0.2, 0.25) is 5.91 Å². The van der Waals surface area contributed by atoms with Crippen LogP contribution < -0.4 is 5.32 Å². The maximum atomic E-state index is 13.2. The lowest BCUT2D eigenvalue weighted by molar-refractivity contribution is -0.120. The van der Waals surface area contributed by atoms with Crippen molar-refractivity contribution >= 4 is 17.5 Å². The summed E-state index contributed by atoms with van der Waals surface area (Å²) in [7, 11) is 0. The number of para-hydroxylation sites is 1. The van der Waals surface area contributed by atoms with Crippen molar-refractivity contribution in [3.05, 3.63) is 81.9 Å². The molecule has 0 radical (unpaired) electrons. The third kappa shape index (κ3) is 4.42. The summed E-state index contributed by atoms with van der Waals surface area (Å²) in [5, 5.41) is 7.92. The molecule has 28 heavy (non-hydrogen) atoms. The predicted octanol–water partition coefficient (Wildman–Crippen LogP) is 4.96. The van der Waals surface area contributed by atoms with E-state index < -0.39 is 5.82 Å². The van der Waals surface area contributed by atoms with Gasteiger partial charge in [0.25, 0.3) is 0 Å². The van der Waals surface area contributed by atoms with E-state index in [1.54, 1.807) is 6.07 Å². The Bertz CT molecular complexity index is 983. The number of rotatable bonds is 6. The fourth-order valence-electron chi connectivity index (χ4n) is 3.14. The van der Waals surface area contributed by atoms with E-state index in [0.29, 0.717) is 10.6 Å². The van der Waals surface area contributed by atoms with Gasteiger partial charge in [0, 0.05) is 22.8 Å². The van der Waals surface area contributed by atoms with Gasteiger partial charge < -0.3 is 5.32 Å². The van der Waals surface area contributed by atoms with Gasteiger partial charge in [-0.05, 0) is 42.7 Å². The zero-order chi connectivity index (χ0) is 20.3. The lowest BCUT2D eigenvalue weighted by Crippen LogP contribution is -2.25. The van der Waals surface area contributed by atoms with Crippen LogP contribution in [0.2, 0.25) is 5.02 Å². The predicted molar refractivity (Wildman–Crippen MR) is 109 cm³/mol. The van der Waals surface area contributed by atoms with Crippen molar-refractivity contribution in [3.8, 4) is 5.69 Å². The summed E-state index contributed by atoms with van der Waals surface area (Å²) in [6.45, 7) is 6.36. The van der Waals surface area contributed by atoms with Crippen LogP contribution in [0.25, 0.3) is 5.69 Å². The SMILES string of the molecule is Cc1c(CC(=O)NCc2ccc(F)cc2Cl)c(C(C)C)nn1-c1ccccc1. The Kier molecular flexibility index (Phi) is 6.15. The number of amides is 1. The molecular weight excluding hydrogens is 377 g/mol. The average molecular weight is 400 g/mol. The normalized spacial score (nSPS) is 11.1. The van der Waals surface area contributed by atoms with Gasteiger partial charge in [0.1, 0.15) is 5.82 Å². The van der Waals surface area contributed by atoms with Crippen molar-refractivity contribution in [2.24, 2.45) is 0 Å². The molecule has 0 aliphatic carbocycles. The molecule has 146 valence electrons. The molecule has 3 rings (SSSR count). The first-order valence-electron chi connectivity index (χ1n) is 9.21. The van der Waals surface area contributed by atoms with Gasteiger partial charge in [-0.1, -0.05) is 49.7 Å². The highest BCUT2D eigenvalue weighted by Crippen LogP contribution is 2.25. The molecule has 0 saturated heterocycles. The summed E-state index contributed by atoms with van der Waals surface area (Å²) < 4.78 is 15.0. The first-order chi connectivity index (χ1) is 13.4. The van der Waals surface area contributed by atoms with Crippen LogP contribution in [-0.4, -0.2) is 15.7 Å². The zero-order valence-electron chi connectivity index (χ0n) is 16.2. The molecule has 0 unspecified atom stereocenters.